The van der Waals surface area contributed by atoms with Crippen LogP contribution in [0.1, 0.15) is 56.3 Å². The van der Waals surface area contributed by atoms with Crippen LogP contribution in [0.15, 0.2) is 30.5 Å². The molecule has 2 aromatic rings. The Kier molecular flexibility index (Phi) is 7.65. The number of amides is 1. The van der Waals surface area contributed by atoms with Gasteiger partial charge in [0.1, 0.15) is 17.1 Å². The van der Waals surface area contributed by atoms with Crippen LogP contribution in [0.25, 0.3) is 11.4 Å². The zero-order valence-electron chi connectivity index (χ0n) is 20.3. The van der Waals surface area contributed by atoms with E-state index in [4.69, 9.17) is 14.5 Å². The number of anilines is 1. The second kappa shape index (κ2) is 10.8. The predicted molar refractivity (Wildman–Crippen MR) is 130 cm³/mol. The number of nitrogens with zero attached hydrogens (tertiary/aromatic N) is 4. The van der Waals surface area contributed by atoms with Crippen LogP contribution in [-0.2, 0) is 9.53 Å². The van der Waals surface area contributed by atoms with Crippen LogP contribution in [-0.4, -0.2) is 66.1 Å². The van der Waals surface area contributed by atoms with E-state index in [9.17, 15) is 9.59 Å². The van der Waals surface area contributed by atoms with E-state index in [-0.39, 0.29) is 23.8 Å². The molecule has 0 aliphatic carbocycles. The Balaban J connectivity index is 1.66. The standard InChI is InChI=1S/C26H34N4O4/c1-4-34-26(32)20-9-7-14-29(17-20)25(31)22-16-27-23(19-10-12-21(33-3)13-11-19)28-24(22)30-15-6-5-8-18(30)2/h10-13,16,18,20H,4-9,14-15,17H2,1-3H3/t18-,20+/m0/s1. The molecule has 2 atom stereocenters. The average Bonchev–Trinajstić information content (AvgIpc) is 2.88. The molecule has 0 spiro atoms. The summed E-state index contributed by atoms with van der Waals surface area (Å²) in [6, 6.07) is 7.89. The van der Waals surface area contributed by atoms with Crippen LogP contribution < -0.4 is 9.64 Å². The van der Waals surface area contributed by atoms with E-state index >= 15 is 0 Å². The quantitative estimate of drug-likeness (QED) is 0.596. The molecule has 2 aliphatic heterocycles. The van der Waals surface area contributed by atoms with Crippen LogP contribution in [0, 0.1) is 5.92 Å². The van der Waals surface area contributed by atoms with E-state index in [2.05, 4.69) is 16.8 Å². The Bertz CT molecular complexity index is 1010. The highest BCUT2D eigenvalue weighted by atomic mass is 16.5. The minimum atomic E-state index is -0.283. The average molecular weight is 467 g/mol. The number of likely N-dealkylation sites (tertiary alicyclic amines) is 1. The van der Waals surface area contributed by atoms with Crippen molar-refractivity contribution in [2.45, 2.75) is 52.0 Å². The second-order valence-corrected chi connectivity index (χ2v) is 9.04. The van der Waals surface area contributed by atoms with Crippen molar-refractivity contribution < 1.29 is 19.1 Å². The molecule has 4 rings (SSSR count). The third-order valence-corrected chi connectivity index (χ3v) is 6.75. The Morgan fingerprint density at radius 3 is 2.59 bits per heavy atom. The predicted octanol–water partition coefficient (Wildman–Crippen LogP) is 3.95. The van der Waals surface area contributed by atoms with Gasteiger partial charge in [0, 0.05) is 37.4 Å². The Morgan fingerprint density at radius 1 is 1.09 bits per heavy atom. The maximum Gasteiger partial charge on any atom is 0.310 e. The van der Waals surface area contributed by atoms with Gasteiger partial charge in [0.05, 0.1) is 19.6 Å². The van der Waals surface area contributed by atoms with Gasteiger partial charge in [-0.2, -0.15) is 0 Å². The Labute approximate surface area is 201 Å². The van der Waals surface area contributed by atoms with Gasteiger partial charge in [0.2, 0.25) is 0 Å². The van der Waals surface area contributed by atoms with Crippen LogP contribution >= 0.6 is 0 Å². The first-order valence-electron chi connectivity index (χ1n) is 12.3. The molecule has 0 radical (unpaired) electrons. The number of carbonyl (C=O) groups excluding carboxylic acids is 2. The normalized spacial score (nSPS) is 20.7. The summed E-state index contributed by atoms with van der Waals surface area (Å²) in [5.41, 5.74) is 1.36. The van der Waals surface area contributed by atoms with E-state index in [0.717, 1.165) is 43.5 Å². The molecule has 0 saturated carbocycles. The van der Waals surface area contributed by atoms with Crippen molar-refractivity contribution in [3.63, 3.8) is 0 Å². The maximum absolute atomic E-state index is 13.7. The van der Waals surface area contributed by atoms with Gasteiger partial charge in [-0.1, -0.05) is 0 Å². The van der Waals surface area contributed by atoms with Crippen molar-refractivity contribution in [2.24, 2.45) is 5.92 Å². The van der Waals surface area contributed by atoms with Crippen molar-refractivity contribution in [3.8, 4) is 17.1 Å². The van der Waals surface area contributed by atoms with Gasteiger partial charge in [-0.15, -0.1) is 0 Å². The monoisotopic (exact) mass is 466 g/mol. The molecule has 2 saturated heterocycles. The first-order chi connectivity index (χ1) is 16.5. The molecule has 1 aromatic carbocycles. The van der Waals surface area contributed by atoms with Crippen molar-refractivity contribution in [3.05, 3.63) is 36.0 Å². The number of piperidine rings is 2. The zero-order chi connectivity index (χ0) is 24.1. The third kappa shape index (κ3) is 5.16. The van der Waals surface area contributed by atoms with Crippen LogP contribution in [0.5, 0.6) is 5.75 Å². The van der Waals surface area contributed by atoms with Crippen molar-refractivity contribution >= 4 is 17.7 Å². The van der Waals surface area contributed by atoms with Gasteiger partial charge in [-0.25, -0.2) is 9.97 Å². The van der Waals surface area contributed by atoms with Crippen molar-refractivity contribution in [1.29, 1.82) is 0 Å². The topological polar surface area (TPSA) is 84.9 Å². The SMILES string of the molecule is CCOC(=O)[C@@H]1CCCN(C(=O)c2cnc(-c3ccc(OC)cc3)nc2N2CCCC[C@@H]2C)C1. The number of esters is 1. The van der Waals surface area contributed by atoms with Crippen molar-refractivity contribution in [2.75, 3.05) is 38.3 Å². The number of benzene rings is 1. The molecule has 1 aromatic heterocycles. The molecule has 3 heterocycles. The second-order valence-electron chi connectivity index (χ2n) is 9.04. The number of rotatable bonds is 6. The van der Waals surface area contributed by atoms with E-state index < -0.39 is 0 Å². The zero-order valence-corrected chi connectivity index (χ0v) is 20.3. The fourth-order valence-corrected chi connectivity index (χ4v) is 4.82. The summed E-state index contributed by atoms with van der Waals surface area (Å²) in [7, 11) is 1.63. The fraction of sp³-hybridized carbons (Fsp3) is 0.538. The number of ether oxygens (including phenoxy) is 2. The number of carbonyl (C=O) groups is 2. The number of hydrogen-bond donors (Lipinski definition) is 0. The van der Waals surface area contributed by atoms with Crippen LogP contribution in [0.3, 0.4) is 0 Å². The number of hydrogen-bond acceptors (Lipinski definition) is 7. The van der Waals surface area contributed by atoms with Crippen LogP contribution in [0.4, 0.5) is 5.82 Å². The highest BCUT2D eigenvalue weighted by Crippen LogP contribution is 2.30. The molecule has 34 heavy (non-hydrogen) atoms. The number of aromatic nitrogens is 2. The summed E-state index contributed by atoms with van der Waals surface area (Å²) in [4.78, 5) is 39.4. The summed E-state index contributed by atoms with van der Waals surface area (Å²) < 4.78 is 10.5. The van der Waals surface area contributed by atoms with E-state index in [1.54, 1.807) is 25.1 Å². The lowest BCUT2D eigenvalue weighted by Crippen LogP contribution is -2.44. The molecule has 8 nitrogen and oxygen atoms in total. The summed E-state index contributed by atoms with van der Waals surface area (Å²) >= 11 is 0. The molecule has 2 fully saturated rings. The summed E-state index contributed by atoms with van der Waals surface area (Å²) in [5, 5.41) is 0. The molecule has 0 unspecified atom stereocenters. The molecule has 182 valence electrons. The van der Waals surface area contributed by atoms with E-state index in [0.29, 0.717) is 36.9 Å². The maximum atomic E-state index is 13.7. The minimum absolute atomic E-state index is 0.122. The summed E-state index contributed by atoms with van der Waals surface area (Å²) in [6.45, 7) is 6.17. The van der Waals surface area contributed by atoms with Crippen molar-refractivity contribution in [1.82, 2.24) is 14.9 Å². The van der Waals surface area contributed by atoms with Gasteiger partial charge in [-0.3, -0.25) is 9.59 Å². The highest BCUT2D eigenvalue weighted by Gasteiger charge is 2.33. The Hall–Kier alpha value is -3.16. The van der Waals surface area contributed by atoms with Gasteiger partial charge in [0.15, 0.2) is 5.82 Å². The largest absolute Gasteiger partial charge is 0.497 e. The lowest BCUT2D eigenvalue weighted by molar-refractivity contribution is -0.149. The smallest absolute Gasteiger partial charge is 0.310 e. The van der Waals surface area contributed by atoms with E-state index in [1.165, 1.54) is 6.42 Å². The molecule has 8 heteroatoms. The van der Waals surface area contributed by atoms with Gasteiger partial charge in [-0.05, 0) is 70.2 Å². The molecule has 0 N–H and O–H groups in total. The van der Waals surface area contributed by atoms with Gasteiger partial charge < -0.3 is 19.3 Å². The molecule has 2 aliphatic rings. The lowest BCUT2D eigenvalue weighted by atomic mass is 9.97. The number of methoxy groups -OCH3 is 1. The third-order valence-electron chi connectivity index (χ3n) is 6.75. The first-order valence-corrected chi connectivity index (χ1v) is 12.3. The molecule has 0 bridgehead atoms. The van der Waals surface area contributed by atoms with E-state index in [1.807, 2.05) is 24.3 Å². The molecular weight excluding hydrogens is 432 g/mol. The van der Waals surface area contributed by atoms with Gasteiger partial charge >= 0.3 is 5.97 Å². The highest BCUT2D eigenvalue weighted by molar-refractivity contribution is 5.99. The van der Waals surface area contributed by atoms with Gasteiger partial charge in [0.25, 0.3) is 5.91 Å². The summed E-state index contributed by atoms with van der Waals surface area (Å²) in [5.74, 6) is 1.39. The Morgan fingerprint density at radius 2 is 1.88 bits per heavy atom. The fourth-order valence-electron chi connectivity index (χ4n) is 4.82. The molecule has 1 amide bonds. The van der Waals surface area contributed by atoms with Crippen LogP contribution in [0.2, 0.25) is 0 Å². The lowest BCUT2D eigenvalue weighted by Gasteiger charge is -2.37. The first kappa shape index (κ1) is 24.0. The minimum Gasteiger partial charge on any atom is -0.497 e. The summed E-state index contributed by atoms with van der Waals surface area (Å²) in [6.07, 6.45) is 6.46. The molecular formula is C26H34N4O4.